The van der Waals surface area contributed by atoms with E-state index in [2.05, 4.69) is 36.5 Å². The molecule has 0 aliphatic rings. The molecule has 1 heterocycles. The zero-order valence-corrected chi connectivity index (χ0v) is 13.2. The molecular weight excluding hydrogens is 280 g/mol. The van der Waals surface area contributed by atoms with Crippen LogP contribution in [0.2, 0.25) is 0 Å². The van der Waals surface area contributed by atoms with Crippen LogP contribution in [0.25, 0.3) is 0 Å². The summed E-state index contributed by atoms with van der Waals surface area (Å²) in [5.74, 6) is -0.0719. The van der Waals surface area contributed by atoms with Crippen molar-refractivity contribution < 1.29 is 4.79 Å². The summed E-state index contributed by atoms with van der Waals surface area (Å²) in [6, 6.07) is 13.8. The monoisotopic (exact) mass is 302 g/mol. The van der Waals surface area contributed by atoms with Gasteiger partial charge >= 0.3 is 0 Å². The van der Waals surface area contributed by atoms with Gasteiger partial charge < -0.3 is 11.1 Å². The van der Waals surface area contributed by atoms with E-state index in [1.54, 1.807) is 11.3 Å². The molecule has 0 bridgehead atoms. The maximum absolute atomic E-state index is 12.0. The van der Waals surface area contributed by atoms with Crippen molar-refractivity contribution in [2.75, 3.05) is 0 Å². The minimum Gasteiger partial charge on any atom is -0.350 e. The number of carbonyl (C=O) groups is 1. The standard InChI is InChI=1S/C17H22N2OS/c1-2-14-9-10-15(21-14)12-19-17(20)16(18)11-8-13-6-4-3-5-7-13/h3-7,9-10,16H,2,8,11-12,18H2,1H3,(H,19,20)/t16-/m0/s1. The third kappa shape index (κ3) is 4.99. The summed E-state index contributed by atoms with van der Waals surface area (Å²) in [7, 11) is 0. The third-order valence-electron chi connectivity index (χ3n) is 3.43. The largest absolute Gasteiger partial charge is 0.350 e. The Hall–Kier alpha value is -1.65. The minimum atomic E-state index is -0.448. The first-order valence-electron chi connectivity index (χ1n) is 7.34. The van der Waals surface area contributed by atoms with Crippen LogP contribution in [0, 0.1) is 0 Å². The first-order valence-corrected chi connectivity index (χ1v) is 8.15. The van der Waals surface area contributed by atoms with Crippen molar-refractivity contribution in [3.8, 4) is 0 Å². The predicted octanol–water partition coefficient (Wildman–Crippen LogP) is 2.89. The second-order valence-corrected chi connectivity index (χ2v) is 6.32. The van der Waals surface area contributed by atoms with Crippen LogP contribution in [0.3, 0.4) is 0 Å². The summed E-state index contributed by atoms with van der Waals surface area (Å²) in [6.45, 7) is 2.70. The number of rotatable bonds is 7. The zero-order chi connectivity index (χ0) is 15.1. The van der Waals surface area contributed by atoms with Gasteiger partial charge in [-0.3, -0.25) is 4.79 Å². The van der Waals surface area contributed by atoms with Gasteiger partial charge in [0, 0.05) is 9.75 Å². The van der Waals surface area contributed by atoms with Crippen molar-refractivity contribution >= 4 is 17.2 Å². The Labute approximate surface area is 130 Å². The Morgan fingerprint density at radius 3 is 2.57 bits per heavy atom. The van der Waals surface area contributed by atoms with E-state index >= 15 is 0 Å². The van der Waals surface area contributed by atoms with Crippen LogP contribution in [0.15, 0.2) is 42.5 Å². The molecule has 2 rings (SSSR count). The van der Waals surface area contributed by atoms with Gasteiger partial charge in [-0.15, -0.1) is 11.3 Å². The van der Waals surface area contributed by atoms with Gasteiger partial charge in [0.2, 0.25) is 5.91 Å². The van der Waals surface area contributed by atoms with Gasteiger partial charge in [-0.05, 0) is 37.0 Å². The molecule has 0 unspecified atom stereocenters. The Morgan fingerprint density at radius 2 is 1.90 bits per heavy atom. The summed E-state index contributed by atoms with van der Waals surface area (Å²) in [5.41, 5.74) is 7.17. The van der Waals surface area contributed by atoms with Crippen LogP contribution in [0.1, 0.15) is 28.7 Å². The van der Waals surface area contributed by atoms with Crippen LogP contribution < -0.4 is 11.1 Å². The molecule has 3 nitrogen and oxygen atoms in total. The lowest BCUT2D eigenvalue weighted by molar-refractivity contribution is -0.122. The highest BCUT2D eigenvalue weighted by Gasteiger charge is 2.13. The number of nitrogens with one attached hydrogen (secondary N) is 1. The van der Waals surface area contributed by atoms with E-state index in [-0.39, 0.29) is 5.91 Å². The molecule has 21 heavy (non-hydrogen) atoms. The number of thiophene rings is 1. The molecule has 0 saturated heterocycles. The Morgan fingerprint density at radius 1 is 1.19 bits per heavy atom. The van der Waals surface area contributed by atoms with Crippen LogP contribution >= 0.6 is 11.3 Å². The van der Waals surface area contributed by atoms with E-state index in [0.717, 1.165) is 12.8 Å². The average molecular weight is 302 g/mol. The van der Waals surface area contributed by atoms with E-state index in [9.17, 15) is 4.79 Å². The first kappa shape index (κ1) is 15.7. The average Bonchev–Trinajstić information content (AvgIpc) is 2.99. The van der Waals surface area contributed by atoms with Gasteiger partial charge in [0.25, 0.3) is 0 Å². The fourth-order valence-electron chi connectivity index (χ4n) is 2.11. The normalized spacial score (nSPS) is 12.1. The van der Waals surface area contributed by atoms with Crippen LogP contribution in [0.4, 0.5) is 0 Å². The van der Waals surface area contributed by atoms with E-state index in [0.29, 0.717) is 13.0 Å². The minimum absolute atomic E-state index is 0.0719. The van der Waals surface area contributed by atoms with Gasteiger partial charge in [0.1, 0.15) is 0 Å². The molecule has 1 atom stereocenters. The van der Waals surface area contributed by atoms with Gasteiger partial charge in [-0.25, -0.2) is 0 Å². The number of aryl methyl sites for hydroxylation is 2. The molecule has 1 aromatic carbocycles. The van der Waals surface area contributed by atoms with Crippen molar-refractivity contribution in [3.05, 3.63) is 57.8 Å². The number of amides is 1. The smallest absolute Gasteiger partial charge is 0.237 e. The number of carbonyl (C=O) groups excluding carboxylic acids is 1. The summed E-state index contributed by atoms with van der Waals surface area (Å²) in [4.78, 5) is 14.5. The topological polar surface area (TPSA) is 55.1 Å². The van der Waals surface area contributed by atoms with Gasteiger partial charge in [-0.1, -0.05) is 37.3 Å². The maximum atomic E-state index is 12.0. The molecule has 3 N–H and O–H groups in total. The Balaban J connectivity index is 1.74. The van der Waals surface area contributed by atoms with E-state index in [1.165, 1.54) is 15.3 Å². The first-order chi connectivity index (χ1) is 10.2. The van der Waals surface area contributed by atoms with Crippen molar-refractivity contribution in [3.63, 3.8) is 0 Å². The number of hydrogen-bond donors (Lipinski definition) is 2. The number of benzene rings is 1. The lowest BCUT2D eigenvalue weighted by Crippen LogP contribution is -2.40. The highest BCUT2D eigenvalue weighted by Crippen LogP contribution is 2.16. The molecular formula is C17H22N2OS. The molecule has 4 heteroatoms. The molecule has 0 aliphatic carbocycles. The molecule has 0 saturated carbocycles. The molecule has 0 fully saturated rings. The lowest BCUT2D eigenvalue weighted by atomic mass is 10.1. The van der Waals surface area contributed by atoms with Gasteiger partial charge in [-0.2, -0.15) is 0 Å². The Kier molecular flexibility index (Phi) is 5.96. The molecule has 0 radical (unpaired) electrons. The maximum Gasteiger partial charge on any atom is 0.237 e. The van der Waals surface area contributed by atoms with Crippen molar-refractivity contribution in [1.29, 1.82) is 0 Å². The molecule has 1 amide bonds. The SMILES string of the molecule is CCc1ccc(CNC(=O)[C@@H](N)CCc2ccccc2)s1. The van der Waals surface area contributed by atoms with Crippen molar-refractivity contribution in [1.82, 2.24) is 5.32 Å². The highest BCUT2D eigenvalue weighted by atomic mass is 32.1. The van der Waals surface area contributed by atoms with Crippen LogP contribution in [0.5, 0.6) is 0 Å². The van der Waals surface area contributed by atoms with Gasteiger partial charge in [0.05, 0.1) is 12.6 Å². The number of nitrogens with two attached hydrogens (primary N) is 1. The fraction of sp³-hybridized carbons (Fsp3) is 0.353. The highest BCUT2D eigenvalue weighted by molar-refractivity contribution is 7.11. The third-order valence-corrected chi connectivity index (χ3v) is 4.66. The van der Waals surface area contributed by atoms with E-state index < -0.39 is 6.04 Å². The summed E-state index contributed by atoms with van der Waals surface area (Å²) in [6.07, 6.45) is 2.53. The zero-order valence-electron chi connectivity index (χ0n) is 12.3. The summed E-state index contributed by atoms with van der Waals surface area (Å²) >= 11 is 1.74. The number of hydrogen-bond acceptors (Lipinski definition) is 3. The van der Waals surface area contributed by atoms with Crippen molar-refractivity contribution in [2.45, 2.75) is 38.8 Å². The molecule has 2 aromatic rings. The summed E-state index contributed by atoms with van der Waals surface area (Å²) < 4.78 is 0. The molecule has 1 aromatic heterocycles. The molecule has 112 valence electrons. The second-order valence-electron chi connectivity index (χ2n) is 5.07. The quantitative estimate of drug-likeness (QED) is 0.826. The molecule has 0 spiro atoms. The molecule has 0 aliphatic heterocycles. The van der Waals surface area contributed by atoms with Crippen LogP contribution in [-0.2, 0) is 24.2 Å². The summed E-state index contributed by atoms with van der Waals surface area (Å²) in [5, 5.41) is 2.92. The van der Waals surface area contributed by atoms with E-state index in [1.807, 2.05) is 18.2 Å². The van der Waals surface area contributed by atoms with Crippen LogP contribution in [-0.4, -0.2) is 11.9 Å². The Bertz CT molecular complexity index is 565. The second kappa shape index (κ2) is 7.96. The lowest BCUT2D eigenvalue weighted by Gasteiger charge is -2.11. The fourth-order valence-corrected chi connectivity index (χ4v) is 3.01. The van der Waals surface area contributed by atoms with Crippen molar-refractivity contribution in [2.24, 2.45) is 5.73 Å². The van der Waals surface area contributed by atoms with E-state index in [4.69, 9.17) is 5.73 Å². The van der Waals surface area contributed by atoms with Gasteiger partial charge in [0.15, 0.2) is 0 Å². The predicted molar refractivity (Wildman–Crippen MR) is 88.3 cm³/mol.